The van der Waals surface area contributed by atoms with E-state index in [1.807, 2.05) is 87.6 Å². The summed E-state index contributed by atoms with van der Waals surface area (Å²) in [5.41, 5.74) is 9.21. The van der Waals surface area contributed by atoms with Crippen molar-refractivity contribution in [2.45, 2.75) is 43.9 Å². The van der Waals surface area contributed by atoms with Crippen LogP contribution in [0.25, 0.3) is 72.2 Å². The van der Waals surface area contributed by atoms with Gasteiger partial charge in [-0.25, -0.2) is 4.98 Å². The topological polar surface area (TPSA) is 56.7 Å². The number of fused-ring (bicyclic) bond motifs is 5. The minimum atomic E-state index is -2.03. The Balaban J connectivity index is 0.000000186. The maximum Gasteiger partial charge on any atom is 0 e. The minimum absolute atomic E-state index is 0. The zero-order valence-electron chi connectivity index (χ0n) is 31.7. The van der Waals surface area contributed by atoms with Gasteiger partial charge in [0.1, 0.15) is 0 Å². The van der Waals surface area contributed by atoms with Crippen molar-refractivity contribution >= 4 is 61.5 Å². The van der Waals surface area contributed by atoms with Gasteiger partial charge in [-0.2, -0.15) is 0 Å². The summed E-state index contributed by atoms with van der Waals surface area (Å²) in [6.07, 6.45) is 2.00. The Labute approximate surface area is 328 Å². The molecule has 0 unspecified atom stereocenters. The molecule has 4 heterocycles. The SMILES string of the molecule is Cc1ccc2c(n1)oc1c(-c3nc4ccccc4n3-c3cccc4ccccc34)[c-]ccc12.[2H]C(C)(C)c1cc(-c2[c-]cccc2)nc[c]1[Ge]([CH3])([CH3])[CH3].[Ir]. The first-order valence-electron chi connectivity index (χ1n) is 18.1. The van der Waals surface area contributed by atoms with Gasteiger partial charge in [0.25, 0.3) is 0 Å². The van der Waals surface area contributed by atoms with Gasteiger partial charge >= 0.3 is 120 Å². The fourth-order valence-corrected chi connectivity index (χ4v) is 10.2. The number of hydrogen-bond acceptors (Lipinski definition) is 4. The third-order valence-corrected chi connectivity index (χ3v) is 13.7. The summed E-state index contributed by atoms with van der Waals surface area (Å²) < 4.78 is 18.3. The second-order valence-corrected chi connectivity index (χ2v) is 25.0. The smallest absolute Gasteiger partial charge is 0 e. The van der Waals surface area contributed by atoms with E-state index in [1.165, 1.54) is 15.2 Å². The van der Waals surface area contributed by atoms with Crippen LogP contribution in [0.2, 0.25) is 17.3 Å². The molecule has 0 bridgehead atoms. The van der Waals surface area contributed by atoms with Gasteiger partial charge in [-0.3, -0.25) is 4.98 Å². The molecule has 0 N–H and O–H groups in total. The Bertz CT molecular complexity index is 2770. The molecule has 265 valence electrons. The molecule has 0 fully saturated rings. The second kappa shape index (κ2) is 14.9. The second-order valence-electron chi connectivity index (χ2n) is 14.4. The zero-order chi connectivity index (χ0) is 36.9. The van der Waals surface area contributed by atoms with E-state index in [9.17, 15) is 0 Å². The standard InChI is InChI=1S/C29H18N3O.C17H22GeN.Ir/c1-18-16-17-22-21-11-7-12-23(27(21)33-29(22)30-18)28-31-24-13-4-5-14-26(24)32(28)25-15-6-9-19-8-2-3-10-20(19)25;1-13(2)15-11-17(14-9-7-6-8-10-14)19-12-16(15)18(3,4)5;/h2-11,13-17H,1H3;6-9,11-13H,1-5H3;/q2*-1;/i;13D;. The van der Waals surface area contributed by atoms with E-state index in [4.69, 9.17) is 10.8 Å². The number of benzene rings is 5. The van der Waals surface area contributed by atoms with Gasteiger partial charge in [-0.1, -0.05) is 59.5 Å². The molecule has 0 atom stereocenters. The Morgan fingerprint density at radius 3 is 2.34 bits per heavy atom. The summed E-state index contributed by atoms with van der Waals surface area (Å²) in [6.45, 7) is 5.89. The third-order valence-electron chi connectivity index (χ3n) is 9.47. The van der Waals surface area contributed by atoms with Gasteiger partial charge in [-0.05, 0) is 42.6 Å². The van der Waals surface area contributed by atoms with Crippen LogP contribution in [0.3, 0.4) is 0 Å². The third kappa shape index (κ3) is 6.99. The van der Waals surface area contributed by atoms with E-state index in [-0.39, 0.29) is 20.1 Å². The first-order chi connectivity index (χ1) is 25.5. The van der Waals surface area contributed by atoms with Gasteiger partial charge in [-0.15, -0.1) is 18.2 Å². The minimum Gasteiger partial charge on any atom is 0 e. The largest absolute Gasteiger partial charge is 0 e. The van der Waals surface area contributed by atoms with Crippen molar-refractivity contribution in [3.63, 3.8) is 0 Å². The van der Waals surface area contributed by atoms with Crippen molar-refractivity contribution in [2.75, 3.05) is 0 Å². The average molecular weight is 931 g/mol. The van der Waals surface area contributed by atoms with Crippen LogP contribution < -0.4 is 4.40 Å². The van der Waals surface area contributed by atoms with Crippen molar-refractivity contribution in [3.8, 4) is 28.3 Å². The maximum atomic E-state index is 8.44. The molecule has 1 radical (unpaired) electrons. The monoisotopic (exact) mass is 932 g/mol. The quantitative estimate of drug-likeness (QED) is 0.127. The maximum absolute atomic E-state index is 8.44. The summed E-state index contributed by atoms with van der Waals surface area (Å²) in [4.78, 5) is 14.3. The molecule has 0 amide bonds. The molecule has 0 aliphatic heterocycles. The molecule has 0 saturated heterocycles. The summed E-state index contributed by atoms with van der Waals surface area (Å²) in [6, 6.07) is 47.7. The summed E-state index contributed by atoms with van der Waals surface area (Å²) >= 11 is -2.03. The van der Waals surface area contributed by atoms with E-state index in [0.717, 1.165) is 67.0 Å². The van der Waals surface area contributed by atoms with Crippen molar-refractivity contribution in [1.82, 2.24) is 19.5 Å². The first-order valence-corrected chi connectivity index (χ1v) is 25.0. The number of aryl methyl sites for hydroxylation is 1. The number of nitrogens with zero attached hydrogens (tertiary/aromatic N) is 4. The van der Waals surface area contributed by atoms with Crippen LogP contribution in [0.4, 0.5) is 0 Å². The van der Waals surface area contributed by atoms with Crippen molar-refractivity contribution in [1.29, 1.82) is 0 Å². The Kier molecular flexibility index (Phi) is 9.86. The molecule has 0 aliphatic carbocycles. The van der Waals surface area contributed by atoms with Gasteiger partial charge in [0, 0.05) is 42.3 Å². The van der Waals surface area contributed by atoms with Crippen molar-refractivity contribution in [2.24, 2.45) is 0 Å². The predicted molar refractivity (Wildman–Crippen MR) is 218 cm³/mol. The summed E-state index contributed by atoms with van der Waals surface area (Å²) in [5.74, 6) is 7.25. The molecule has 0 spiro atoms. The fraction of sp³-hybridized carbons (Fsp3) is 0.152. The van der Waals surface area contributed by atoms with Crippen LogP contribution in [0.1, 0.15) is 32.4 Å². The van der Waals surface area contributed by atoms with E-state index < -0.39 is 19.2 Å². The number of imidazole rings is 1. The molecule has 53 heavy (non-hydrogen) atoms. The molecule has 9 rings (SSSR count). The van der Waals surface area contributed by atoms with Gasteiger partial charge in [0.2, 0.25) is 5.71 Å². The normalized spacial score (nSPS) is 12.1. The number of pyridine rings is 2. The molecular weight excluding hydrogens is 889 g/mol. The van der Waals surface area contributed by atoms with Crippen LogP contribution in [-0.4, -0.2) is 32.8 Å². The van der Waals surface area contributed by atoms with Crippen LogP contribution in [0.5, 0.6) is 0 Å². The first kappa shape index (κ1) is 35.2. The molecule has 0 saturated carbocycles. The molecule has 9 aromatic rings. The number of para-hydroxylation sites is 2. The fourth-order valence-electron chi connectivity index (χ4n) is 6.89. The van der Waals surface area contributed by atoms with E-state index in [1.54, 1.807) is 0 Å². The van der Waals surface area contributed by atoms with Crippen molar-refractivity contribution < 1.29 is 25.9 Å². The predicted octanol–water partition coefficient (Wildman–Crippen LogP) is 11.5. The summed E-state index contributed by atoms with van der Waals surface area (Å²) in [7, 11) is 0. The number of furan rings is 1. The van der Waals surface area contributed by atoms with Gasteiger partial charge in [0.05, 0.1) is 22.4 Å². The van der Waals surface area contributed by atoms with Gasteiger partial charge < -0.3 is 8.98 Å². The number of rotatable bonds is 5. The summed E-state index contributed by atoms with van der Waals surface area (Å²) in [5, 5.41) is 4.37. The van der Waals surface area contributed by atoms with E-state index in [0.29, 0.717) is 5.71 Å². The Morgan fingerprint density at radius 2 is 1.55 bits per heavy atom. The molecule has 4 aromatic heterocycles. The average Bonchev–Trinajstić information content (AvgIpc) is 3.72. The van der Waals surface area contributed by atoms with Crippen molar-refractivity contribution in [3.05, 3.63) is 151 Å². The number of hydrogen-bond donors (Lipinski definition) is 0. The number of aromatic nitrogens is 4. The molecule has 0 aliphatic rings. The van der Waals surface area contributed by atoms with Crippen LogP contribution in [0.15, 0.2) is 132 Å². The van der Waals surface area contributed by atoms with Gasteiger partial charge in [0.15, 0.2) is 0 Å². The Morgan fingerprint density at radius 1 is 0.774 bits per heavy atom. The molecule has 5 aromatic carbocycles. The Hall–Kier alpha value is -4.88. The van der Waals surface area contributed by atoms with Crippen LogP contribution in [-0.2, 0) is 20.1 Å². The molecule has 5 nitrogen and oxygen atoms in total. The van der Waals surface area contributed by atoms with E-state index >= 15 is 0 Å². The van der Waals surface area contributed by atoms with E-state index in [2.05, 4.69) is 105 Å². The molecular formula is C46H40GeIrN4O-2. The van der Waals surface area contributed by atoms with Crippen LogP contribution in [0, 0.1) is 19.1 Å². The molecule has 7 heteroatoms. The van der Waals surface area contributed by atoms with Crippen LogP contribution >= 0.6 is 0 Å². The zero-order valence-corrected chi connectivity index (χ0v) is 35.1.